The van der Waals surface area contributed by atoms with Crippen LogP contribution >= 0.6 is 0 Å². The monoisotopic (exact) mass is 427 g/mol. The zero-order valence-corrected chi connectivity index (χ0v) is 17.6. The Morgan fingerprint density at radius 1 is 1.10 bits per heavy atom. The summed E-state index contributed by atoms with van der Waals surface area (Å²) in [5, 5.41) is 5.35. The van der Waals surface area contributed by atoms with Crippen molar-refractivity contribution < 1.29 is 23.5 Å². The molecule has 3 rings (SSSR count). The molecule has 1 aliphatic heterocycles. The number of esters is 1. The van der Waals surface area contributed by atoms with Crippen LogP contribution in [-0.4, -0.2) is 42.0 Å². The number of nitrogens with one attached hydrogen (secondary N) is 2. The van der Waals surface area contributed by atoms with Crippen molar-refractivity contribution in [2.45, 2.75) is 32.8 Å². The van der Waals surface area contributed by atoms with Crippen LogP contribution in [0.25, 0.3) is 0 Å². The Labute approximate surface area is 180 Å². The highest BCUT2D eigenvalue weighted by atomic mass is 19.1. The first-order valence-electron chi connectivity index (χ1n) is 10.2. The number of halogens is 1. The molecule has 2 atom stereocenters. The predicted molar refractivity (Wildman–Crippen MR) is 115 cm³/mol. The number of aryl methyl sites for hydroxylation is 1. The van der Waals surface area contributed by atoms with Crippen LogP contribution in [0, 0.1) is 18.7 Å². The number of para-hydroxylation sites is 1. The molecule has 1 heterocycles. The second kappa shape index (κ2) is 10.1. The summed E-state index contributed by atoms with van der Waals surface area (Å²) in [5.41, 5.74) is 1.43. The summed E-state index contributed by atoms with van der Waals surface area (Å²) in [6.45, 7) is 3.84. The van der Waals surface area contributed by atoms with Crippen LogP contribution in [0.4, 0.5) is 20.6 Å². The quantitative estimate of drug-likeness (QED) is 0.708. The van der Waals surface area contributed by atoms with E-state index in [0.29, 0.717) is 30.6 Å². The van der Waals surface area contributed by atoms with Gasteiger partial charge in [-0.2, -0.15) is 0 Å². The molecule has 0 radical (unpaired) electrons. The predicted octanol–water partition coefficient (Wildman–Crippen LogP) is 3.95. The van der Waals surface area contributed by atoms with Crippen LogP contribution < -0.4 is 10.6 Å². The maximum atomic E-state index is 13.6. The largest absolute Gasteiger partial charge is 0.452 e. The lowest BCUT2D eigenvalue weighted by Gasteiger charge is -2.32. The molecule has 1 fully saturated rings. The van der Waals surface area contributed by atoms with Gasteiger partial charge >= 0.3 is 12.0 Å². The van der Waals surface area contributed by atoms with E-state index in [9.17, 15) is 18.8 Å². The van der Waals surface area contributed by atoms with Gasteiger partial charge in [-0.15, -0.1) is 0 Å². The molecule has 1 saturated heterocycles. The summed E-state index contributed by atoms with van der Waals surface area (Å²) in [4.78, 5) is 38.9. The molecule has 2 aromatic rings. The van der Waals surface area contributed by atoms with E-state index in [2.05, 4.69) is 10.6 Å². The number of hydrogen-bond donors (Lipinski definition) is 2. The van der Waals surface area contributed by atoms with Gasteiger partial charge < -0.3 is 20.3 Å². The van der Waals surface area contributed by atoms with Gasteiger partial charge in [0.05, 0.1) is 5.92 Å². The molecular formula is C23H26FN3O4. The third-order valence-corrected chi connectivity index (χ3v) is 5.17. The Morgan fingerprint density at radius 3 is 2.55 bits per heavy atom. The number of ether oxygens (including phenoxy) is 1. The van der Waals surface area contributed by atoms with Gasteiger partial charge in [0.1, 0.15) is 5.82 Å². The fourth-order valence-electron chi connectivity index (χ4n) is 3.32. The van der Waals surface area contributed by atoms with E-state index < -0.39 is 29.7 Å². The Kier molecular flexibility index (Phi) is 7.23. The number of carbonyl (C=O) groups excluding carboxylic acids is 3. The van der Waals surface area contributed by atoms with E-state index in [0.717, 1.165) is 0 Å². The second-order valence-electron chi connectivity index (χ2n) is 7.61. The molecule has 1 aliphatic rings. The van der Waals surface area contributed by atoms with Crippen LogP contribution in [0.5, 0.6) is 0 Å². The minimum absolute atomic E-state index is 0.217. The molecule has 0 bridgehead atoms. The summed E-state index contributed by atoms with van der Waals surface area (Å²) < 4.78 is 19.0. The van der Waals surface area contributed by atoms with Crippen molar-refractivity contribution >= 4 is 29.3 Å². The van der Waals surface area contributed by atoms with Gasteiger partial charge in [0.15, 0.2) is 6.10 Å². The summed E-state index contributed by atoms with van der Waals surface area (Å²) in [5.74, 6) is -2.03. The third-order valence-electron chi connectivity index (χ3n) is 5.17. The van der Waals surface area contributed by atoms with E-state index >= 15 is 0 Å². The fourth-order valence-corrected chi connectivity index (χ4v) is 3.32. The molecule has 7 nitrogen and oxygen atoms in total. The zero-order chi connectivity index (χ0) is 22.4. The van der Waals surface area contributed by atoms with Crippen LogP contribution in [0.1, 0.15) is 25.3 Å². The second-order valence-corrected chi connectivity index (χ2v) is 7.61. The molecule has 0 spiro atoms. The first kappa shape index (κ1) is 22.3. The Hall–Kier alpha value is -3.42. The smallest absolute Gasteiger partial charge is 0.321 e. The maximum Gasteiger partial charge on any atom is 0.321 e. The SMILES string of the molecule is Cc1ccc(NC(=O)C(C)OC(=O)C2CCCN(C(=O)Nc3ccccc3)C2)cc1F. The number of likely N-dealkylation sites (tertiary alicyclic amines) is 1. The van der Waals surface area contributed by atoms with Gasteiger partial charge in [-0.25, -0.2) is 9.18 Å². The van der Waals surface area contributed by atoms with Crippen molar-refractivity contribution in [1.82, 2.24) is 4.90 Å². The van der Waals surface area contributed by atoms with E-state index in [-0.39, 0.29) is 18.3 Å². The number of piperidine rings is 1. The average Bonchev–Trinajstić information content (AvgIpc) is 2.77. The standard InChI is InChI=1S/C23H26FN3O4/c1-15-10-11-19(13-20(15)24)25-21(28)16(2)31-22(29)17-7-6-12-27(14-17)23(30)26-18-8-4-3-5-9-18/h3-5,8-11,13,16-17H,6-7,12,14H2,1-2H3,(H,25,28)(H,26,30). The molecule has 2 aromatic carbocycles. The van der Waals surface area contributed by atoms with Crippen molar-refractivity contribution in [3.05, 3.63) is 59.9 Å². The van der Waals surface area contributed by atoms with E-state index in [1.807, 2.05) is 18.2 Å². The van der Waals surface area contributed by atoms with Gasteiger partial charge in [0.25, 0.3) is 5.91 Å². The van der Waals surface area contributed by atoms with Crippen molar-refractivity contribution in [3.63, 3.8) is 0 Å². The van der Waals surface area contributed by atoms with Crippen molar-refractivity contribution in [2.75, 3.05) is 23.7 Å². The minimum atomic E-state index is -1.05. The fraction of sp³-hybridized carbons (Fsp3) is 0.348. The molecule has 2 unspecified atom stereocenters. The highest BCUT2D eigenvalue weighted by Gasteiger charge is 2.31. The molecule has 31 heavy (non-hydrogen) atoms. The lowest BCUT2D eigenvalue weighted by Crippen LogP contribution is -2.45. The molecule has 0 aromatic heterocycles. The lowest BCUT2D eigenvalue weighted by atomic mass is 9.98. The molecule has 2 N–H and O–H groups in total. The Morgan fingerprint density at radius 2 is 1.84 bits per heavy atom. The van der Waals surface area contributed by atoms with Gasteiger partial charge in [0, 0.05) is 24.5 Å². The van der Waals surface area contributed by atoms with E-state index in [1.54, 1.807) is 36.1 Å². The average molecular weight is 427 g/mol. The molecule has 3 amide bonds. The lowest BCUT2D eigenvalue weighted by molar-refractivity contribution is -0.158. The van der Waals surface area contributed by atoms with E-state index in [4.69, 9.17) is 4.74 Å². The molecular weight excluding hydrogens is 401 g/mol. The molecule has 0 saturated carbocycles. The number of benzene rings is 2. The first-order valence-corrected chi connectivity index (χ1v) is 10.2. The number of hydrogen-bond acceptors (Lipinski definition) is 4. The van der Waals surface area contributed by atoms with Crippen LogP contribution in [0.2, 0.25) is 0 Å². The number of nitrogens with zero attached hydrogens (tertiary/aromatic N) is 1. The van der Waals surface area contributed by atoms with Crippen molar-refractivity contribution in [1.29, 1.82) is 0 Å². The van der Waals surface area contributed by atoms with Gasteiger partial charge in [0.2, 0.25) is 0 Å². The molecule has 164 valence electrons. The number of carbonyl (C=O) groups is 3. The van der Waals surface area contributed by atoms with Gasteiger partial charge in [-0.3, -0.25) is 9.59 Å². The van der Waals surface area contributed by atoms with Crippen LogP contribution in [0.3, 0.4) is 0 Å². The van der Waals surface area contributed by atoms with Crippen LogP contribution in [-0.2, 0) is 14.3 Å². The number of rotatable bonds is 5. The van der Waals surface area contributed by atoms with Crippen LogP contribution in [0.15, 0.2) is 48.5 Å². The third kappa shape index (κ3) is 6.04. The molecule has 0 aliphatic carbocycles. The summed E-state index contributed by atoms with van der Waals surface area (Å²) in [6, 6.07) is 13.1. The number of urea groups is 1. The number of amides is 3. The maximum absolute atomic E-state index is 13.6. The highest BCUT2D eigenvalue weighted by molar-refractivity contribution is 5.95. The summed E-state index contributed by atoms with van der Waals surface area (Å²) >= 11 is 0. The first-order chi connectivity index (χ1) is 14.8. The Balaban J connectivity index is 1.52. The van der Waals surface area contributed by atoms with Crippen molar-refractivity contribution in [2.24, 2.45) is 5.92 Å². The Bertz CT molecular complexity index is 951. The highest BCUT2D eigenvalue weighted by Crippen LogP contribution is 2.20. The van der Waals surface area contributed by atoms with Gasteiger partial charge in [-0.1, -0.05) is 24.3 Å². The normalized spacial score (nSPS) is 16.9. The zero-order valence-electron chi connectivity index (χ0n) is 17.6. The van der Waals surface area contributed by atoms with E-state index in [1.165, 1.54) is 13.0 Å². The van der Waals surface area contributed by atoms with Gasteiger partial charge in [-0.05, 0) is 56.5 Å². The summed E-state index contributed by atoms with van der Waals surface area (Å²) in [6.07, 6.45) is 0.182. The minimum Gasteiger partial charge on any atom is -0.452 e. The number of anilines is 2. The molecule has 8 heteroatoms. The van der Waals surface area contributed by atoms with Crippen molar-refractivity contribution in [3.8, 4) is 0 Å². The topological polar surface area (TPSA) is 87.7 Å². The summed E-state index contributed by atoms with van der Waals surface area (Å²) in [7, 11) is 0.